The fourth-order valence-electron chi connectivity index (χ4n) is 3.07. The second kappa shape index (κ2) is 4.93. The number of piperidine rings is 1. The summed E-state index contributed by atoms with van der Waals surface area (Å²) in [5, 5.41) is 3.52. The molecule has 1 fully saturated rings. The molecule has 2 heterocycles. The number of hydrogen-bond acceptors (Lipinski definition) is 2. The summed E-state index contributed by atoms with van der Waals surface area (Å²) in [6, 6.07) is 5.39. The number of aromatic nitrogens is 2. The van der Waals surface area contributed by atoms with E-state index in [2.05, 4.69) is 17.2 Å². The molecule has 102 valence electrons. The Kier molecular flexibility index (Phi) is 3.27. The smallest absolute Gasteiger partial charge is 0.151 e. The molecular weight excluding hydrogens is 241 g/mol. The van der Waals surface area contributed by atoms with Crippen molar-refractivity contribution in [2.45, 2.75) is 32.2 Å². The lowest BCUT2D eigenvalue weighted by Gasteiger charge is -2.29. The van der Waals surface area contributed by atoms with Crippen LogP contribution in [0.15, 0.2) is 18.2 Å². The molecule has 19 heavy (non-hydrogen) atoms. The Bertz CT molecular complexity index is 590. The van der Waals surface area contributed by atoms with Crippen LogP contribution in [0.3, 0.4) is 0 Å². The van der Waals surface area contributed by atoms with Crippen molar-refractivity contribution in [2.75, 3.05) is 6.54 Å². The first-order chi connectivity index (χ1) is 9.20. The zero-order valence-electron chi connectivity index (χ0n) is 11.5. The van der Waals surface area contributed by atoms with Gasteiger partial charge in [0.15, 0.2) is 5.82 Å². The molecule has 1 saturated heterocycles. The molecule has 0 bridgehead atoms. The van der Waals surface area contributed by atoms with E-state index in [1.165, 1.54) is 18.9 Å². The molecule has 3 rings (SSSR count). The second-order valence-corrected chi connectivity index (χ2v) is 5.44. The van der Waals surface area contributed by atoms with Gasteiger partial charge in [-0.2, -0.15) is 0 Å². The van der Waals surface area contributed by atoms with Gasteiger partial charge in [-0.25, -0.2) is 9.37 Å². The molecule has 1 aromatic carbocycles. The first kappa shape index (κ1) is 12.6. The average molecular weight is 261 g/mol. The third-order valence-electron chi connectivity index (χ3n) is 4.30. The van der Waals surface area contributed by atoms with Crippen molar-refractivity contribution in [3.05, 3.63) is 29.8 Å². The van der Waals surface area contributed by atoms with Crippen molar-refractivity contribution in [2.24, 2.45) is 13.0 Å². The van der Waals surface area contributed by atoms with Crippen LogP contribution >= 0.6 is 0 Å². The van der Waals surface area contributed by atoms with Gasteiger partial charge >= 0.3 is 0 Å². The predicted octanol–water partition coefficient (Wildman–Crippen LogP) is 3.16. The lowest BCUT2D eigenvalue weighted by molar-refractivity contribution is 0.288. The van der Waals surface area contributed by atoms with Gasteiger partial charge in [-0.3, -0.25) is 0 Å². The van der Waals surface area contributed by atoms with E-state index < -0.39 is 0 Å². The molecular formula is C15H20FN3. The van der Waals surface area contributed by atoms with Crippen LogP contribution in [-0.2, 0) is 7.05 Å². The maximum atomic E-state index is 13.8. The third kappa shape index (κ3) is 2.14. The number of halogens is 1. The molecule has 1 aromatic heterocycles. The maximum Gasteiger partial charge on any atom is 0.151 e. The Morgan fingerprint density at radius 2 is 2.32 bits per heavy atom. The molecule has 0 spiro atoms. The topological polar surface area (TPSA) is 29.9 Å². The molecule has 2 aromatic rings. The van der Waals surface area contributed by atoms with Gasteiger partial charge in [-0.15, -0.1) is 0 Å². The van der Waals surface area contributed by atoms with Crippen molar-refractivity contribution < 1.29 is 4.39 Å². The zero-order valence-corrected chi connectivity index (χ0v) is 11.5. The molecule has 1 N–H and O–H groups in total. The number of nitrogens with zero attached hydrogens (tertiary/aromatic N) is 2. The number of hydrogen-bond donors (Lipinski definition) is 1. The number of aryl methyl sites for hydroxylation is 1. The number of para-hydroxylation sites is 1. The second-order valence-electron chi connectivity index (χ2n) is 5.44. The Hall–Kier alpha value is -1.42. The van der Waals surface area contributed by atoms with E-state index in [4.69, 9.17) is 0 Å². The van der Waals surface area contributed by atoms with Crippen LogP contribution in [0.2, 0.25) is 0 Å². The highest BCUT2D eigenvalue weighted by molar-refractivity contribution is 5.76. The molecule has 0 aliphatic carbocycles. The van der Waals surface area contributed by atoms with Crippen molar-refractivity contribution in [1.29, 1.82) is 0 Å². The highest BCUT2D eigenvalue weighted by Crippen LogP contribution is 2.30. The maximum absolute atomic E-state index is 13.8. The van der Waals surface area contributed by atoms with Crippen molar-refractivity contribution in [3.63, 3.8) is 0 Å². The summed E-state index contributed by atoms with van der Waals surface area (Å²) < 4.78 is 15.8. The standard InChI is InChI=1S/C15H20FN3/c1-3-10-7-8-17-12(9-10)15-18-14-11(16)5-4-6-13(14)19(15)2/h4-6,10,12,17H,3,7-9H2,1-2H3. The Labute approximate surface area is 112 Å². The van der Waals surface area contributed by atoms with Gasteiger partial charge < -0.3 is 9.88 Å². The minimum absolute atomic E-state index is 0.234. The minimum Gasteiger partial charge on any atom is -0.330 e. The van der Waals surface area contributed by atoms with Crippen LogP contribution < -0.4 is 5.32 Å². The zero-order chi connectivity index (χ0) is 13.4. The van der Waals surface area contributed by atoms with Gasteiger partial charge in [0.2, 0.25) is 0 Å². The molecule has 2 unspecified atom stereocenters. The van der Waals surface area contributed by atoms with Crippen LogP contribution in [0.1, 0.15) is 38.1 Å². The number of benzene rings is 1. The summed E-state index contributed by atoms with van der Waals surface area (Å²) in [6.07, 6.45) is 3.52. The lowest BCUT2D eigenvalue weighted by Crippen LogP contribution is -2.33. The Morgan fingerprint density at radius 1 is 1.47 bits per heavy atom. The van der Waals surface area contributed by atoms with Gasteiger partial charge in [-0.05, 0) is 37.4 Å². The van der Waals surface area contributed by atoms with Crippen LogP contribution in [0, 0.1) is 11.7 Å². The molecule has 3 nitrogen and oxygen atoms in total. The van der Waals surface area contributed by atoms with E-state index in [1.807, 2.05) is 17.7 Å². The molecule has 2 atom stereocenters. The van der Waals surface area contributed by atoms with Crippen molar-refractivity contribution >= 4 is 11.0 Å². The molecule has 0 amide bonds. The predicted molar refractivity (Wildman–Crippen MR) is 74.4 cm³/mol. The van der Waals surface area contributed by atoms with Gasteiger partial charge in [0.1, 0.15) is 11.3 Å². The summed E-state index contributed by atoms with van der Waals surface area (Å²) in [5.41, 5.74) is 1.36. The fraction of sp³-hybridized carbons (Fsp3) is 0.533. The Morgan fingerprint density at radius 3 is 3.05 bits per heavy atom. The SMILES string of the molecule is CCC1CCNC(c2nc3c(F)cccc3n2C)C1. The Balaban J connectivity index is 2.00. The summed E-state index contributed by atoms with van der Waals surface area (Å²) in [6.45, 7) is 3.26. The van der Waals surface area contributed by atoms with Gasteiger partial charge in [0.05, 0.1) is 11.6 Å². The van der Waals surface area contributed by atoms with E-state index in [0.29, 0.717) is 5.52 Å². The summed E-state index contributed by atoms with van der Waals surface area (Å²) in [4.78, 5) is 4.53. The van der Waals surface area contributed by atoms with Crippen molar-refractivity contribution in [3.8, 4) is 0 Å². The minimum atomic E-state index is -0.234. The number of nitrogens with one attached hydrogen (secondary N) is 1. The number of imidazole rings is 1. The molecule has 0 saturated carbocycles. The van der Waals surface area contributed by atoms with Crippen LogP contribution in [0.25, 0.3) is 11.0 Å². The van der Waals surface area contributed by atoms with Gasteiger partial charge in [0, 0.05) is 7.05 Å². The van der Waals surface area contributed by atoms with Crippen molar-refractivity contribution in [1.82, 2.24) is 14.9 Å². The van der Waals surface area contributed by atoms with Crippen LogP contribution in [-0.4, -0.2) is 16.1 Å². The monoisotopic (exact) mass is 261 g/mol. The molecule has 0 radical (unpaired) electrons. The van der Waals surface area contributed by atoms with Gasteiger partial charge in [-0.1, -0.05) is 19.4 Å². The average Bonchev–Trinajstić information content (AvgIpc) is 2.78. The van der Waals surface area contributed by atoms with Crippen LogP contribution in [0.5, 0.6) is 0 Å². The molecule has 1 aliphatic rings. The summed E-state index contributed by atoms with van der Waals surface area (Å²) in [5.74, 6) is 1.47. The van der Waals surface area contributed by atoms with E-state index in [1.54, 1.807) is 6.07 Å². The normalized spacial score (nSPS) is 23.9. The lowest BCUT2D eigenvalue weighted by atomic mass is 9.90. The first-order valence-electron chi connectivity index (χ1n) is 7.05. The van der Waals surface area contributed by atoms with E-state index >= 15 is 0 Å². The highest BCUT2D eigenvalue weighted by atomic mass is 19.1. The third-order valence-corrected chi connectivity index (χ3v) is 4.30. The molecule has 4 heteroatoms. The first-order valence-corrected chi connectivity index (χ1v) is 7.05. The fourth-order valence-corrected chi connectivity index (χ4v) is 3.07. The molecule has 1 aliphatic heterocycles. The van der Waals surface area contributed by atoms with Crippen LogP contribution in [0.4, 0.5) is 4.39 Å². The van der Waals surface area contributed by atoms with E-state index in [0.717, 1.165) is 30.2 Å². The van der Waals surface area contributed by atoms with E-state index in [9.17, 15) is 4.39 Å². The highest BCUT2D eigenvalue weighted by Gasteiger charge is 2.25. The van der Waals surface area contributed by atoms with Gasteiger partial charge in [0.25, 0.3) is 0 Å². The number of fused-ring (bicyclic) bond motifs is 1. The summed E-state index contributed by atoms with van der Waals surface area (Å²) in [7, 11) is 1.97. The summed E-state index contributed by atoms with van der Waals surface area (Å²) >= 11 is 0. The van der Waals surface area contributed by atoms with E-state index in [-0.39, 0.29) is 11.9 Å². The quantitative estimate of drug-likeness (QED) is 0.900. The number of rotatable bonds is 2. The largest absolute Gasteiger partial charge is 0.330 e.